The summed E-state index contributed by atoms with van der Waals surface area (Å²) in [6.45, 7) is 4.01. The van der Waals surface area contributed by atoms with Crippen LogP contribution in [0, 0.1) is 5.92 Å². The van der Waals surface area contributed by atoms with Gasteiger partial charge in [0.25, 0.3) is 0 Å². The van der Waals surface area contributed by atoms with Gasteiger partial charge in [-0.05, 0) is 49.6 Å². The minimum atomic E-state index is -0.101. The number of aliphatic hydroxyl groups is 1. The molecule has 1 aromatic carbocycles. The molecule has 3 saturated heterocycles. The van der Waals surface area contributed by atoms with E-state index in [1.807, 2.05) is 24.3 Å². The second kappa shape index (κ2) is 9.80. The van der Waals surface area contributed by atoms with Crippen LogP contribution in [0.3, 0.4) is 0 Å². The number of aliphatic hydroxyl groups excluding tert-OH is 1. The molecular formula is C27H33N5O4. The number of rotatable bonds is 6. The van der Waals surface area contributed by atoms with E-state index in [1.165, 1.54) is 0 Å². The zero-order valence-electron chi connectivity index (χ0n) is 20.9. The Morgan fingerprint density at radius 2 is 1.97 bits per heavy atom. The van der Waals surface area contributed by atoms with E-state index in [1.54, 1.807) is 7.11 Å². The largest absolute Gasteiger partial charge is 0.496 e. The van der Waals surface area contributed by atoms with Gasteiger partial charge in [-0.1, -0.05) is 0 Å². The van der Waals surface area contributed by atoms with E-state index >= 15 is 0 Å². The number of pyridine rings is 1. The fourth-order valence-corrected chi connectivity index (χ4v) is 5.68. The Kier molecular flexibility index (Phi) is 6.37. The van der Waals surface area contributed by atoms with Gasteiger partial charge in [-0.3, -0.25) is 0 Å². The van der Waals surface area contributed by atoms with Gasteiger partial charge in [-0.2, -0.15) is 9.97 Å². The lowest BCUT2D eigenvalue weighted by molar-refractivity contribution is 0.0852. The summed E-state index contributed by atoms with van der Waals surface area (Å²) in [4.78, 5) is 19.6. The quantitative estimate of drug-likeness (QED) is 0.558. The normalized spacial score (nSPS) is 22.2. The van der Waals surface area contributed by atoms with Gasteiger partial charge in [-0.25, -0.2) is 4.98 Å². The Morgan fingerprint density at radius 1 is 1.11 bits per heavy atom. The molecule has 0 spiro atoms. The molecular weight excluding hydrogens is 458 g/mol. The Bertz CT molecular complexity index is 1240. The SMILES string of the molecule is COc1ccc(-c2ccc3c(N4CC5COC(C5)C4)nc(N(C)C4CCOCC4)nc3n2)cc1CO. The summed E-state index contributed by atoms with van der Waals surface area (Å²) in [6, 6.07) is 10.2. The molecule has 3 aliphatic heterocycles. The Labute approximate surface area is 211 Å². The lowest BCUT2D eigenvalue weighted by atomic mass is 10.00. The van der Waals surface area contributed by atoms with Crippen molar-refractivity contribution in [1.29, 1.82) is 0 Å². The first-order valence-corrected chi connectivity index (χ1v) is 12.8. The smallest absolute Gasteiger partial charge is 0.229 e. The maximum atomic E-state index is 9.79. The number of piperidine rings is 1. The zero-order chi connectivity index (χ0) is 24.6. The number of aromatic nitrogens is 3. The molecule has 9 nitrogen and oxygen atoms in total. The van der Waals surface area contributed by atoms with Crippen LogP contribution in [-0.2, 0) is 16.1 Å². The fraction of sp³-hybridized carbons (Fsp3) is 0.519. The van der Waals surface area contributed by atoms with Gasteiger partial charge < -0.3 is 29.1 Å². The van der Waals surface area contributed by atoms with Crippen LogP contribution in [0.5, 0.6) is 5.75 Å². The lowest BCUT2D eigenvalue weighted by Crippen LogP contribution is -2.41. The molecule has 0 radical (unpaired) electrons. The van der Waals surface area contributed by atoms with Crippen molar-refractivity contribution in [2.24, 2.45) is 5.92 Å². The number of anilines is 2. The van der Waals surface area contributed by atoms with Crippen molar-refractivity contribution in [3.63, 3.8) is 0 Å². The molecule has 3 fully saturated rings. The predicted octanol–water partition coefficient (Wildman–Crippen LogP) is 3.03. The van der Waals surface area contributed by atoms with E-state index in [2.05, 4.69) is 22.9 Å². The van der Waals surface area contributed by atoms with Crippen molar-refractivity contribution in [3.05, 3.63) is 35.9 Å². The summed E-state index contributed by atoms with van der Waals surface area (Å²) < 4.78 is 16.9. The average Bonchev–Trinajstić information content (AvgIpc) is 3.28. The van der Waals surface area contributed by atoms with E-state index in [-0.39, 0.29) is 12.7 Å². The summed E-state index contributed by atoms with van der Waals surface area (Å²) in [7, 11) is 3.68. The van der Waals surface area contributed by atoms with Gasteiger partial charge in [0, 0.05) is 56.4 Å². The number of ether oxygens (including phenoxy) is 3. The van der Waals surface area contributed by atoms with E-state index < -0.39 is 0 Å². The molecule has 9 heteroatoms. The molecule has 36 heavy (non-hydrogen) atoms. The van der Waals surface area contributed by atoms with Crippen LogP contribution in [0.15, 0.2) is 30.3 Å². The standard InChI is InChI=1S/C27H33N5O4/c1-31(20-7-9-35-10-8-20)27-29-25-22(26(30-27)32-13-17-11-21(14-32)36-16-17)4-5-23(28-25)18-3-6-24(34-2)19(12-18)15-33/h3-6,12,17,20-21,33H,7-11,13-16H2,1-2H3. The van der Waals surface area contributed by atoms with Crippen LogP contribution in [0.2, 0.25) is 0 Å². The number of fused-ring (bicyclic) bond motifs is 3. The summed E-state index contributed by atoms with van der Waals surface area (Å²) in [5.41, 5.74) is 3.10. The molecule has 2 atom stereocenters. The number of hydrogen-bond donors (Lipinski definition) is 1. The van der Waals surface area contributed by atoms with Crippen LogP contribution in [-0.4, -0.2) is 79.3 Å². The summed E-state index contributed by atoms with van der Waals surface area (Å²) in [6.07, 6.45) is 3.30. The first kappa shape index (κ1) is 23.4. The van der Waals surface area contributed by atoms with Crippen LogP contribution in [0.4, 0.5) is 11.8 Å². The average molecular weight is 492 g/mol. The van der Waals surface area contributed by atoms with Crippen molar-refractivity contribution in [2.75, 3.05) is 56.9 Å². The minimum Gasteiger partial charge on any atom is -0.496 e. The molecule has 2 unspecified atom stereocenters. The highest BCUT2D eigenvalue weighted by atomic mass is 16.5. The lowest BCUT2D eigenvalue weighted by Gasteiger charge is -2.34. The van der Waals surface area contributed by atoms with Gasteiger partial charge in [0.05, 0.1) is 37.5 Å². The molecule has 0 amide bonds. The highest BCUT2D eigenvalue weighted by Gasteiger charge is 2.35. The highest BCUT2D eigenvalue weighted by Crippen LogP contribution is 2.35. The second-order valence-corrected chi connectivity index (χ2v) is 10.0. The summed E-state index contributed by atoms with van der Waals surface area (Å²) in [5.74, 6) is 2.82. The fourth-order valence-electron chi connectivity index (χ4n) is 5.68. The topological polar surface area (TPSA) is 93.1 Å². The maximum absolute atomic E-state index is 9.79. The number of methoxy groups -OCH3 is 1. The summed E-state index contributed by atoms with van der Waals surface area (Å²) in [5, 5.41) is 10.7. The molecule has 2 bridgehead atoms. The van der Waals surface area contributed by atoms with E-state index in [4.69, 9.17) is 29.2 Å². The first-order valence-electron chi connectivity index (χ1n) is 12.8. The second-order valence-electron chi connectivity index (χ2n) is 10.0. The van der Waals surface area contributed by atoms with Crippen molar-refractivity contribution in [3.8, 4) is 17.0 Å². The van der Waals surface area contributed by atoms with Crippen LogP contribution < -0.4 is 14.5 Å². The van der Waals surface area contributed by atoms with Gasteiger partial charge in [0.15, 0.2) is 5.65 Å². The van der Waals surface area contributed by atoms with Gasteiger partial charge in [0.2, 0.25) is 5.95 Å². The Hall–Kier alpha value is -3.01. The first-order chi connectivity index (χ1) is 17.6. The number of benzene rings is 1. The van der Waals surface area contributed by atoms with Gasteiger partial charge in [0.1, 0.15) is 11.6 Å². The third-order valence-electron chi connectivity index (χ3n) is 7.69. The minimum absolute atomic E-state index is 0.101. The van der Waals surface area contributed by atoms with Crippen LogP contribution in [0.1, 0.15) is 24.8 Å². The molecule has 3 aliphatic rings. The van der Waals surface area contributed by atoms with Gasteiger partial charge >= 0.3 is 0 Å². The molecule has 0 saturated carbocycles. The molecule has 5 heterocycles. The maximum Gasteiger partial charge on any atom is 0.229 e. The third kappa shape index (κ3) is 4.36. The van der Waals surface area contributed by atoms with Crippen molar-refractivity contribution in [2.45, 2.75) is 38.0 Å². The van der Waals surface area contributed by atoms with E-state index in [9.17, 15) is 5.11 Å². The molecule has 2 aromatic heterocycles. The molecule has 6 rings (SSSR count). The van der Waals surface area contributed by atoms with Crippen molar-refractivity contribution >= 4 is 22.8 Å². The van der Waals surface area contributed by atoms with E-state index in [0.29, 0.717) is 29.3 Å². The molecule has 1 N–H and O–H groups in total. The van der Waals surface area contributed by atoms with Crippen molar-refractivity contribution < 1.29 is 19.3 Å². The Balaban J connectivity index is 1.43. The third-order valence-corrected chi connectivity index (χ3v) is 7.69. The van der Waals surface area contributed by atoms with E-state index in [0.717, 1.165) is 80.2 Å². The molecule has 0 aliphatic carbocycles. The molecule has 3 aromatic rings. The summed E-state index contributed by atoms with van der Waals surface area (Å²) >= 11 is 0. The predicted molar refractivity (Wildman–Crippen MR) is 138 cm³/mol. The van der Waals surface area contributed by atoms with Gasteiger partial charge in [-0.15, -0.1) is 0 Å². The zero-order valence-corrected chi connectivity index (χ0v) is 20.9. The Morgan fingerprint density at radius 3 is 2.75 bits per heavy atom. The van der Waals surface area contributed by atoms with Crippen LogP contribution in [0.25, 0.3) is 22.3 Å². The van der Waals surface area contributed by atoms with Crippen molar-refractivity contribution in [1.82, 2.24) is 15.0 Å². The number of nitrogens with zero attached hydrogens (tertiary/aromatic N) is 5. The number of hydrogen-bond acceptors (Lipinski definition) is 9. The monoisotopic (exact) mass is 491 g/mol. The van der Waals surface area contributed by atoms with Crippen LogP contribution >= 0.6 is 0 Å². The highest BCUT2D eigenvalue weighted by molar-refractivity contribution is 5.90. The molecule has 190 valence electrons.